The fourth-order valence-corrected chi connectivity index (χ4v) is 5.53. The first-order chi connectivity index (χ1) is 18.4. The van der Waals surface area contributed by atoms with Crippen molar-refractivity contribution in [2.75, 3.05) is 13.2 Å². The number of likely N-dealkylation sites (tertiary alicyclic amines) is 1. The first kappa shape index (κ1) is 24.0. The average molecular weight is 519 g/mol. The van der Waals surface area contributed by atoms with E-state index in [1.165, 1.54) is 4.90 Å². The third-order valence-corrected chi connectivity index (χ3v) is 7.49. The van der Waals surface area contributed by atoms with Gasteiger partial charge < -0.3 is 19.0 Å². The number of carbonyl (C=O) groups excluding carboxylic acids is 4. The minimum Gasteiger partial charge on any atom is -0.491 e. The summed E-state index contributed by atoms with van der Waals surface area (Å²) in [4.78, 5) is 65.7. The Labute approximate surface area is 216 Å². The van der Waals surface area contributed by atoms with Crippen LogP contribution < -0.4 is 15.8 Å². The fraction of sp³-hybridized carbons (Fsp3) is 0.370. The standard InChI is InChI=1S/C27H26N4O7/c32-23-11-10-21(24(33)28-23)30-14-16-13-18(8-9-19(16)25(30)34)37-15-17-5-3-4-12-29(17)26(35)31-20-6-1-2-7-22(20)38-27(31)36/h1-2,6-9,13,17,21H,3-5,10-12,14-15H2,(H,28,32,33)/t17-,21?/m0/s1. The molecule has 196 valence electrons. The molecule has 11 nitrogen and oxygen atoms in total. The number of ether oxygens (including phenoxy) is 1. The zero-order chi connectivity index (χ0) is 26.4. The molecule has 0 saturated carbocycles. The van der Waals surface area contributed by atoms with Crippen molar-refractivity contribution in [2.45, 2.75) is 50.7 Å². The molecule has 0 spiro atoms. The molecule has 2 aromatic carbocycles. The lowest BCUT2D eigenvalue weighted by Crippen LogP contribution is -2.52. The van der Waals surface area contributed by atoms with Crippen LogP contribution in [0.4, 0.5) is 4.79 Å². The van der Waals surface area contributed by atoms with E-state index in [-0.39, 0.29) is 37.4 Å². The van der Waals surface area contributed by atoms with Crippen molar-refractivity contribution in [3.8, 4) is 5.75 Å². The van der Waals surface area contributed by atoms with E-state index in [0.29, 0.717) is 35.4 Å². The lowest BCUT2D eigenvalue weighted by atomic mass is 10.0. The molecule has 11 heteroatoms. The minimum atomic E-state index is -0.717. The minimum absolute atomic E-state index is 0.197. The molecule has 3 aromatic rings. The maximum absolute atomic E-state index is 13.4. The summed E-state index contributed by atoms with van der Waals surface area (Å²) in [6.07, 6.45) is 2.97. The molecule has 4 amide bonds. The van der Waals surface area contributed by atoms with E-state index >= 15 is 0 Å². The van der Waals surface area contributed by atoms with Gasteiger partial charge in [0, 0.05) is 25.1 Å². The summed E-state index contributed by atoms with van der Waals surface area (Å²) in [5.74, 6) is -1.20. The number of amides is 4. The van der Waals surface area contributed by atoms with Gasteiger partial charge in [-0.25, -0.2) is 9.59 Å². The molecule has 0 aliphatic carbocycles. The Morgan fingerprint density at radius 2 is 1.89 bits per heavy atom. The van der Waals surface area contributed by atoms with Crippen molar-refractivity contribution in [1.82, 2.24) is 19.7 Å². The van der Waals surface area contributed by atoms with E-state index in [0.717, 1.165) is 29.4 Å². The summed E-state index contributed by atoms with van der Waals surface area (Å²) < 4.78 is 12.4. The Bertz CT molecular complexity index is 1520. The van der Waals surface area contributed by atoms with Crippen LogP contribution >= 0.6 is 0 Å². The number of benzene rings is 2. The van der Waals surface area contributed by atoms with Crippen molar-refractivity contribution in [2.24, 2.45) is 0 Å². The summed E-state index contributed by atoms with van der Waals surface area (Å²) >= 11 is 0. The van der Waals surface area contributed by atoms with Gasteiger partial charge in [0.2, 0.25) is 11.8 Å². The zero-order valence-electron chi connectivity index (χ0n) is 20.6. The van der Waals surface area contributed by atoms with Gasteiger partial charge in [-0.2, -0.15) is 4.57 Å². The molecule has 0 radical (unpaired) electrons. The summed E-state index contributed by atoms with van der Waals surface area (Å²) in [5, 5.41) is 2.30. The van der Waals surface area contributed by atoms with Gasteiger partial charge in [0.05, 0.1) is 11.6 Å². The number of fused-ring (bicyclic) bond motifs is 2. The second-order valence-electron chi connectivity index (χ2n) is 9.83. The van der Waals surface area contributed by atoms with E-state index in [4.69, 9.17) is 9.15 Å². The van der Waals surface area contributed by atoms with Gasteiger partial charge in [0.15, 0.2) is 5.58 Å². The lowest BCUT2D eigenvalue weighted by molar-refractivity contribution is -0.136. The summed E-state index contributed by atoms with van der Waals surface area (Å²) in [5.41, 5.74) is 2.03. The Morgan fingerprint density at radius 3 is 2.74 bits per heavy atom. The Morgan fingerprint density at radius 1 is 1.05 bits per heavy atom. The number of nitrogens with one attached hydrogen (secondary N) is 1. The second kappa shape index (κ2) is 9.47. The van der Waals surface area contributed by atoms with Gasteiger partial charge in [0.1, 0.15) is 18.4 Å². The maximum Gasteiger partial charge on any atom is 0.428 e. The molecule has 4 heterocycles. The van der Waals surface area contributed by atoms with Gasteiger partial charge in [0.25, 0.3) is 5.91 Å². The van der Waals surface area contributed by atoms with Crippen LogP contribution in [-0.2, 0) is 16.1 Å². The van der Waals surface area contributed by atoms with Crippen LogP contribution in [0.2, 0.25) is 0 Å². The summed E-state index contributed by atoms with van der Waals surface area (Å²) in [6.45, 7) is 0.973. The van der Waals surface area contributed by atoms with E-state index in [2.05, 4.69) is 5.32 Å². The lowest BCUT2D eigenvalue weighted by Gasteiger charge is -2.35. The van der Waals surface area contributed by atoms with Gasteiger partial charge in [-0.15, -0.1) is 0 Å². The predicted molar refractivity (Wildman–Crippen MR) is 134 cm³/mol. The van der Waals surface area contributed by atoms with Crippen LogP contribution in [0, 0.1) is 0 Å². The van der Waals surface area contributed by atoms with E-state index in [9.17, 15) is 24.0 Å². The Hall–Kier alpha value is -4.41. The number of para-hydroxylation sites is 2. The Balaban J connectivity index is 1.16. The van der Waals surface area contributed by atoms with Crippen molar-refractivity contribution in [1.29, 1.82) is 0 Å². The molecule has 1 aromatic heterocycles. The van der Waals surface area contributed by atoms with Gasteiger partial charge in [-0.05, 0) is 61.6 Å². The second-order valence-corrected chi connectivity index (χ2v) is 9.83. The first-order valence-electron chi connectivity index (χ1n) is 12.7. The van der Waals surface area contributed by atoms with Crippen LogP contribution in [-0.4, -0.2) is 63.4 Å². The third kappa shape index (κ3) is 4.13. The third-order valence-electron chi connectivity index (χ3n) is 7.49. The molecule has 38 heavy (non-hydrogen) atoms. The number of piperidine rings is 2. The number of nitrogens with zero attached hydrogens (tertiary/aromatic N) is 3. The number of carbonyl (C=O) groups is 4. The van der Waals surface area contributed by atoms with Crippen LogP contribution in [0.1, 0.15) is 48.0 Å². The monoisotopic (exact) mass is 518 g/mol. The number of aromatic nitrogens is 1. The van der Waals surface area contributed by atoms with E-state index < -0.39 is 23.7 Å². The highest BCUT2D eigenvalue weighted by molar-refractivity contribution is 6.05. The molecule has 1 N–H and O–H groups in total. The van der Waals surface area contributed by atoms with Crippen molar-refractivity contribution < 1.29 is 28.3 Å². The van der Waals surface area contributed by atoms with Crippen LogP contribution in [0.3, 0.4) is 0 Å². The number of imide groups is 1. The topological polar surface area (TPSA) is 131 Å². The van der Waals surface area contributed by atoms with Crippen LogP contribution in [0.15, 0.2) is 51.7 Å². The predicted octanol–water partition coefficient (Wildman–Crippen LogP) is 2.26. The number of hydrogen-bond acceptors (Lipinski definition) is 7. The molecule has 3 aliphatic heterocycles. The molecular formula is C27H26N4O7. The fourth-order valence-electron chi connectivity index (χ4n) is 5.53. The molecule has 1 unspecified atom stereocenters. The molecule has 6 rings (SSSR count). The van der Waals surface area contributed by atoms with E-state index in [1.54, 1.807) is 47.4 Å². The molecule has 3 aliphatic rings. The van der Waals surface area contributed by atoms with Crippen molar-refractivity contribution >= 4 is 34.9 Å². The number of oxazole rings is 1. The largest absolute Gasteiger partial charge is 0.491 e. The highest BCUT2D eigenvalue weighted by Crippen LogP contribution is 2.30. The molecule has 2 saturated heterocycles. The molecule has 0 bridgehead atoms. The summed E-state index contributed by atoms with van der Waals surface area (Å²) in [7, 11) is 0. The quantitative estimate of drug-likeness (QED) is 0.524. The maximum atomic E-state index is 13.4. The molecular weight excluding hydrogens is 492 g/mol. The first-order valence-corrected chi connectivity index (χ1v) is 12.7. The number of hydrogen-bond donors (Lipinski definition) is 1. The van der Waals surface area contributed by atoms with Crippen molar-refractivity contribution in [3.05, 3.63) is 64.1 Å². The van der Waals surface area contributed by atoms with E-state index in [1.807, 2.05) is 0 Å². The van der Waals surface area contributed by atoms with Gasteiger partial charge in [-0.1, -0.05) is 12.1 Å². The summed E-state index contributed by atoms with van der Waals surface area (Å²) in [6, 6.07) is 10.6. The zero-order valence-corrected chi connectivity index (χ0v) is 20.6. The normalized spacial score (nSPS) is 21.5. The highest BCUT2D eigenvalue weighted by atomic mass is 16.5. The Kier molecular flexibility index (Phi) is 5.97. The van der Waals surface area contributed by atoms with Gasteiger partial charge >= 0.3 is 11.8 Å². The SMILES string of the molecule is O=C1CCC(N2Cc3cc(OC[C@@H]4CCCCN4C(=O)n4c(=O)oc5ccccc54)ccc3C2=O)C(=O)N1. The average Bonchev–Trinajstić information content (AvgIpc) is 3.42. The van der Waals surface area contributed by atoms with Crippen LogP contribution in [0.25, 0.3) is 11.1 Å². The highest BCUT2D eigenvalue weighted by Gasteiger charge is 2.39. The van der Waals surface area contributed by atoms with Gasteiger partial charge in [-0.3, -0.25) is 19.7 Å². The van der Waals surface area contributed by atoms with Crippen molar-refractivity contribution in [3.63, 3.8) is 0 Å². The molecule has 2 atom stereocenters. The van der Waals surface area contributed by atoms with Crippen LogP contribution in [0.5, 0.6) is 5.75 Å². The number of rotatable bonds is 4. The smallest absolute Gasteiger partial charge is 0.428 e. The molecule has 2 fully saturated rings.